The molecule has 7 nitrogen and oxygen atoms in total. The second-order valence-electron chi connectivity index (χ2n) is 5.57. The molecule has 0 radical (unpaired) electrons. The van der Waals surface area contributed by atoms with Crippen molar-refractivity contribution in [1.82, 2.24) is 10.2 Å². The number of nitrogens with zero attached hydrogens (tertiary/aromatic N) is 1. The van der Waals surface area contributed by atoms with E-state index < -0.39 is 17.4 Å². The molecule has 114 valence electrons. The normalized spacial score (nSPS) is 34.0. The Morgan fingerprint density at radius 3 is 2.80 bits per heavy atom. The molecule has 2 fully saturated rings. The third-order valence-corrected chi connectivity index (χ3v) is 4.20. The molecular weight excluding hydrogens is 264 g/mol. The quantitative estimate of drug-likeness (QED) is 0.779. The van der Waals surface area contributed by atoms with Gasteiger partial charge in [0.15, 0.2) is 0 Å². The molecular formula is C13H22N2O5. The van der Waals surface area contributed by atoms with Gasteiger partial charge in [-0.1, -0.05) is 6.92 Å². The first-order chi connectivity index (χ1) is 9.49. The maximum atomic E-state index is 12.3. The van der Waals surface area contributed by atoms with E-state index >= 15 is 0 Å². The van der Waals surface area contributed by atoms with E-state index in [1.807, 2.05) is 6.92 Å². The summed E-state index contributed by atoms with van der Waals surface area (Å²) in [6.45, 7) is 5.52. The van der Waals surface area contributed by atoms with Crippen molar-refractivity contribution in [1.29, 1.82) is 0 Å². The van der Waals surface area contributed by atoms with Crippen molar-refractivity contribution < 1.29 is 24.2 Å². The number of urea groups is 1. The number of morpholine rings is 1. The van der Waals surface area contributed by atoms with E-state index in [9.17, 15) is 14.7 Å². The average molecular weight is 286 g/mol. The van der Waals surface area contributed by atoms with Crippen LogP contribution in [0.3, 0.4) is 0 Å². The van der Waals surface area contributed by atoms with Crippen molar-refractivity contribution in [2.75, 3.05) is 33.0 Å². The number of aliphatic carboxylic acids is 1. The molecule has 20 heavy (non-hydrogen) atoms. The van der Waals surface area contributed by atoms with Crippen molar-refractivity contribution >= 4 is 12.0 Å². The molecule has 0 spiro atoms. The summed E-state index contributed by atoms with van der Waals surface area (Å²) in [5.74, 6) is -0.950. The summed E-state index contributed by atoms with van der Waals surface area (Å²) in [6.07, 6.45) is 0.810. The first-order valence-corrected chi connectivity index (χ1v) is 6.95. The van der Waals surface area contributed by atoms with Gasteiger partial charge in [0.05, 0.1) is 38.5 Å². The van der Waals surface area contributed by atoms with Gasteiger partial charge >= 0.3 is 12.0 Å². The van der Waals surface area contributed by atoms with Crippen LogP contribution in [0, 0.1) is 5.41 Å². The predicted octanol–water partition coefficient (Wildman–Crippen LogP) is 0.297. The Bertz CT molecular complexity index is 389. The Kier molecular flexibility index (Phi) is 4.49. The molecule has 0 aromatic rings. The molecule has 3 unspecified atom stereocenters. The molecule has 0 saturated carbocycles. The van der Waals surface area contributed by atoms with Gasteiger partial charge in [0.25, 0.3) is 0 Å². The second kappa shape index (κ2) is 5.97. The fourth-order valence-electron chi connectivity index (χ4n) is 2.58. The molecule has 7 heteroatoms. The molecule has 0 aromatic carbocycles. The number of rotatable bonds is 3. The molecule has 3 atom stereocenters. The molecule has 2 saturated heterocycles. The van der Waals surface area contributed by atoms with Gasteiger partial charge in [0, 0.05) is 6.54 Å². The Labute approximate surface area is 118 Å². The van der Waals surface area contributed by atoms with E-state index in [4.69, 9.17) is 9.47 Å². The van der Waals surface area contributed by atoms with Crippen molar-refractivity contribution in [3.8, 4) is 0 Å². The van der Waals surface area contributed by atoms with Gasteiger partial charge in [0.2, 0.25) is 0 Å². The zero-order valence-electron chi connectivity index (χ0n) is 11.9. The number of hydrogen-bond donors (Lipinski definition) is 2. The zero-order chi connectivity index (χ0) is 14.8. The van der Waals surface area contributed by atoms with E-state index in [0.29, 0.717) is 19.8 Å². The van der Waals surface area contributed by atoms with Crippen LogP contribution in [0.1, 0.15) is 20.3 Å². The number of carbonyl (C=O) groups is 2. The predicted molar refractivity (Wildman–Crippen MR) is 70.5 cm³/mol. The summed E-state index contributed by atoms with van der Waals surface area (Å²) in [6, 6.07) is -0.696. The molecule has 2 heterocycles. The Morgan fingerprint density at radius 1 is 1.40 bits per heavy atom. The monoisotopic (exact) mass is 286 g/mol. The van der Waals surface area contributed by atoms with E-state index in [2.05, 4.69) is 5.32 Å². The first-order valence-electron chi connectivity index (χ1n) is 6.95. The summed E-state index contributed by atoms with van der Waals surface area (Å²) in [4.78, 5) is 25.4. The molecule has 2 amide bonds. The van der Waals surface area contributed by atoms with Gasteiger partial charge in [-0.2, -0.15) is 0 Å². The number of amides is 2. The van der Waals surface area contributed by atoms with Crippen LogP contribution in [0.2, 0.25) is 0 Å². The molecule has 0 bridgehead atoms. The largest absolute Gasteiger partial charge is 0.481 e. The van der Waals surface area contributed by atoms with Gasteiger partial charge in [-0.25, -0.2) is 4.79 Å². The van der Waals surface area contributed by atoms with Crippen molar-refractivity contribution in [3.05, 3.63) is 0 Å². The maximum Gasteiger partial charge on any atom is 0.318 e. The SMILES string of the molecule is CCC1COCCN1C(=O)NC1COCC1(C)C(=O)O. The van der Waals surface area contributed by atoms with Crippen LogP contribution in [0.5, 0.6) is 0 Å². The van der Waals surface area contributed by atoms with Crippen LogP contribution in [0.4, 0.5) is 4.79 Å². The van der Waals surface area contributed by atoms with Crippen LogP contribution >= 0.6 is 0 Å². The van der Waals surface area contributed by atoms with Gasteiger partial charge in [0.1, 0.15) is 5.41 Å². The fraction of sp³-hybridized carbons (Fsp3) is 0.846. The highest BCUT2D eigenvalue weighted by molar-refractivity contribution is 5.79. The number of carboxylic acids is 1. The van der Waals surface area contributed by atoms with Crippen molar-refractivity contribution in [3.63, 3.8) is 0 Å². The van der Waals surface area contributed by atoms with E-state index in [1.54, 1.807) is 11.8 Å². The third-order valence-electron chi connectivity index (χ3n) is 4.20. The lowest BCUT2D eigenvalue weighted by molar-refractivity contribution is -0.148. The Hall–Kier alpha value is -1.34. The van der Waals surface area contributed by atoms with Crippen LogP contribution in [-0.4, -0.2) is 67.1 Å². The smallest absolute Gasteiger partial charge is 0.318 e. The van der Waals surface area contributed by atoms with Crippen LogP contribution in [0.15, 0.2) is 0 Å². The standard InChI is InChI=1S/C13H22N2O5/c1-3-9-6-19-5-4-15(9)12(18)14-10-7-20-8-13(10,2)11(16)17/h9-10H,3-8H2,1-2H3,(H,14,18)(H,16,17). The average Bonchev–Trinajstić information content (AvgIpc) is 2.81. The third kappa shape index (κ3) is 2.73. The van der Waals surface area contributed by atoms with E-state index in [1.165, 1.54) is 0 Å². The molecule has 0 aliphatic carbocycles. The topological polar surface area (TPSA) is 88.1 Å². The highest BCUT2D eigenvalue weighted by Crippen LogP contribution is 2.29. The van der Waals surface area contributed by atoms with Crippen LogP contribution < -0.4 is 5.32 Å². The van der Waals surface area contributed by atoms with Gasteiger partial charge in [-0.15, -0.1) is 0 Å². The number of ether oxygens (including phenoxy) is 2. The molecule has 2 aliphatic heterocycles. The maximum absolute atomic E-state index is 12.3. The summed E-state index contributed by atoms with van der Waals surface area (Å²) in [7, 11) is 0. The van der Waals surface area contributed by atoms with Gasteiger partial charge in [-0.05, 0) is 13.3 Å². The molecule has 2 aliphatic rings. The summed E-state index contributed by atoms with van der Waals surface area (Å²) >= 11 is 0. The summed E-state index contributed by atoms with van der Waals surface area (Å²) in [5, 5.41) is 12.1. The number of carboxylic acid groups (broad SMARTS) is 1. The highest BCUT2D eigenvalue weighted by Gasteiger charge is 2.48. The summed E-state index contributed by atoms with van der Waals surface area (Å²) in [5.41, 5.74) is -1.07. The molecule has 2 rings (SSSR count). The van der Waals surface area contributed by atoms with Crippen LogP contribution in [-0.2, 0) is 14.3 Å². The zero-order valence-corrected chi connectivity index (χ0v) is 11.9. The minimum Gasteiger partial charge on any atom is -0.481 e. The molecule has 2 N–H and O–H groups in total. The number of hydrogen-bond acceptors (Lipinski definition) is 4. The molecule has 0 aromatic heterocycles. The first kappa shape index (κ1) is 15.1. The lowest BCUT2D eigenvalue weighted by Gasteiger charge is -2.36. The lowest BCUT2D eigenvalue weighted by atomic mass is 9.85. The van der Waals surface area contributed by atoms with Crippen LogP contribution in [0.25, 0.3) is 0 Å². The Morgan fingerprint density at radius 2 is 2.15 bits per heavy atom. The summed E-state index contributed by atoms with van der Waals surface area (Å²) < 4.78 is 10.6. The number of carbonyl (C=O) groups excluding carboxylic acids is 1. The second-order valence-corrected chi connectivity index (χ2v) is 5.57. The number of nitrogens with one attached hydrogen (secondary N) is 1. The van der Waals surface area contributed by atoms with E-state index in [0.717, 1.165) is 6.42 Å². The van der Waals surface area contributed by atoms with E-state index in [-0.39, 0.29) is 25.3 Å². The van der Waals surface area contributed by atoms with Crippen molar-refractivity contribution in [2.24, 2.45) is 5.41 Å². The minimum absolute atomic E-state index is 0.0437. The van der Waals surface area contributed by atoms with Gasteiger partial charge in [-0.3, -0.25) is 4.79 Å². The van der Waals surface area contributed by atoms with Crippen molar-refractivity contribution in [2.45, 2.75) is 32.4 Å². The Balaban J connectivity index is 2.01. The lowest BCUT2D eigenvalue weighted by Crippen LogP contribution is -2.57. The van der Waals surface area contributed by atoms with Gasteiger partial charge < -0.3 is 24.8 Å². The highest BCUT2D eigenvalue weighted by atomic mass is 16.5. The minimum atomic E-state index is -1.07. The fourth-order valence-corrected chi connectivity index (χ4v) is 2.58.